The first-order valence-electron chi connectivity index (χ1n) is 9.47. The number of likely N-dealkylation sites (N-methyl/N-ethyl adjacent to an activating group) is 1. The zero-order valence-electron chi connectivity index (χ0n) is 16.1. The number of piperazine rings is 1. The number of nitrogens with one attached hydrogen (secondary N) is 1. The lowest BCUT2D eigenvalue weighted by Gasteiger charge is -2.34. The van der Waals surface area contributed by atoms with Crippen LogP contribution in [0.15, 0.2) is 42.5 Å². The van der Waals surface area contributed by atoms with Crippen LogP contribution in [0.4, 0.5) is 5.69 Å². The van der Waals surface area contributed by atoms with Crippen molar-refractivity contribution in [1.29, 1.82) is 0 Å². The standard InChI is InChI=1S/C22H29N3O/c1-4-24-11-13-25(14-12-24)16-19-6-8-20(9-7-19)23-22(26)21-10-5-17(2)15-18(21)3/h5-10,15H,4,11-14,16H2,1-3H3,(H,23,26). The summed E-state index contributed by atoms with van der Waals surface area (Å²) in [6.45, 7) is 12.9. The molecule has 0 unspecified atom stereocenters. The summed E-state index contributed by atoms with van der Waals surface area (Å²) in [4.78, 5) is 17.5. The predicted molar refractivity (Wildman–Crippen MR) is 108 cm³/mol. The third-order valence-corrected chi connectivity index (χ3v) is 5.16. The molecule has 1 saturated heterocycles. The van der Waals surface area contributed by atoms with Crippen molar-refractivity contribution in [2.24, 2.45) is 0 Å². The minimum absolute atomic E-state index is 0.0501. The molecule has 26 heavy (non-hydrogen) atoms. The first-order chi connectivity index (χ1) is 12.5. The second kappa shape index (κ2) is 8.47. The Hall–Kier alpha value is -2.17. The van der Waals surface area contributed by atoms with Crippen molar-refractivity contribution in [1.82, 2.24) is 9.80 Å². The molecule has 2 aromatic rings. The summed E-state index contributed by atoms with van der Waals surface area (Å²) in [7, 11) is 0. The Labute approximate surface area is 156 Å². The van der Waals surface area contributed by atoms with Gasteiger partial charge in [-0.15, -0.1) is 0 Å². The second-order valence-electron chi connectivity index (χ2n) is 7.18. The Bertz CT molecular complexity index is 746. The Morgan fingerprint density at radius 1 is 0.962 bits per heavy atom. The van der Waals surface area contributed by atoms with E-state index in [0.29, 0.717) is 0 Å². The van der Waals surface area contributed by atoms with E-state index in [1.54, 1.807) is 0 Å². The molecule has 138 valence electrons. The first-order valence-corrected chi connectivity index (χ1v) is 9.47. The van der Waals surface area contributed by atoms with Crippen LogP contribution in [0.2, 0.25) is 0 Å². The average Bonchev–Trinajstić information content (AvgIpc) is 2.64. The smallest absolute Gasteiger partial charge is 0.255 e. The maximum Gasteiger partial charge on any atom is 0.255 e. The van der Waals surface area contributed by atoms with Crippen LogP contribution in [0.1, 0.15) is 34.0 Å². The van der Waals surface area contributed by atoms with Gasteiger partial charge >= 0.3 is 0 Å². The molecule has 0 spiro atoms. The summed E-state index contributed by atoms with van der Waals surface area (Å²) >= 11 is 0. The number of benzene rings is 2. The van der Waals surface area contributed by atoms with Crippen LogP contribution in [0.3, 0.4) is 0 Å². The molecule has 1 amide bonds. The first kappa shape index (κ1) is 18.6. The van der Waals surface area contributed by atoms with Crippen molar-refractivity contribution in [3.63, 3.8) is 0 Å². The lowest BCUT2D eigenvalue weighted by Crippen LogP contribution is -2.45. The van der Waals surface area contributed by atoms with Crippen molar-refractivity contribution < 1.29 is 4.79 Å². The molecule has 0 radical (unpaired) electrons. The largest absolute Gasteiger partial charge is 0.322 e. The van der Waals surface area contributed by atoms with E-state index in [1.807, 2.05) is 44.2 Å². The summed E-state index contributed by atoms with van der Waals surface area (Å²) in [6, 6.07) is 14.1. The van der Waals surface area contributed by atoms with Crippen molar-refractivity contribution in [3.8, 4) is 0 Å². The highest BCUT2D eigenvalue weighted by Gasteiger charge is 2.15. The molecule has 0 saturated carbocycles. The molecule has 4 nitrogen and oxygen atoms in total. The molecule has 2 aromatic carbocycles. The lowest BCUT2D eigenvalue weighted by atomic mass is 10.1. The van der Waals surface area contributed by atoms with Crippen molar-refractivity contribution in [3.05, 3.63) is 64.7 Å². The molecule has 4 heteroatoms. The van der Waals surface area contributed by atoms with E-state index in [0.717, 1.165) is 56.1 Å². The third-order valence-electron chi connectivity index (χ3n) is 5.16. The van der Waals surface area contributed by atoms with E-state index in [1.165, 1.54) is 11.1 Å². The Morgan fingerprint density at radius 2 is 1.62 bits per heavy atom. The molecule has 3 rings (SSSR count). The third kappa shape index (κ3) is 4.71. The van der Waals surface area contributed by atoms with Gasteiger partial charge in [0.2, 0.25) is 0 Å². The van der Waals surface area contributed by atoms with Gasteiger partial charge in [0.25, 0.3) is 5.91 Å². The van der Waals surface area contributed by atoms with Gasteiger partial charge in [-0.2, -0.15) is 0 Å². The molecular weight excluding hydrogens is 322 g/mol. The number of amides is 1. The van der Waals surface area contributed by atoms with Crippen LogP contribution in [0.25, 0.3) is 0 Å². The number of anilines is 1. The molecule has 1 N–H and O–H groups in total. The average molecular weight is 351 g/mol. The van der Waals surface area contributed by atoms with Gasteiger partial charge in [-0.05, 0) is 49.7 Å². The Morgan fingerprint density at radius 3 is 2.23 bits per heavy atom. The topological polar surface area (TPSA) is 35.6 Å². The van der Waals surface area contributed by atoms with Gasteiger partial charge in [-0.1, -0.05) is 36.8 Å². The maximum atomic E-state index is 12.5. The van der Waals surface area contributed by atoms with E-state index < -0.39 is 0 Å². The number of carbonyl (C=O) groups excluding carboxylic acids is 1. The van der Waals surface area contributed by atoms with E-state index in [2.05, 4.69) is 34.2 Å². The van der Waals surface area contributed by atoms with E-state index in [9.17, 15) is 4.79 Å². The number of hydrogen-bond donors (Lipinski definition) is 1. The molecule has 1 aliphatic heterocycles. The van der Waals surface area contributed by atoms with Crippen LogP contribution in [0.5, 0.6) is 0 Å². The summed E-state index contributed by atoms with van der Waals surface area (Å²) in [5.41, 5.74) is 5.04. The summed E-state index contributed by atoms with van der Waals surface area (Å²) in [5.74, 6) is -0.0501. The number of carbonyl (C=O) groups is 1. The van der Waals surface area contributed by atoms with Gasteiger partial charge in [0, 0.05) is 44.0 Å². The van der Waals surface area contributed by atoms with Crippen LogP contribution in [0, 0.1) is 13.8 Å². The monoisotopic (exact) mass is 351 g/mol. The predicted octanol–water partition coefficient (Wildman–Crippen LogP) is 3.69. The Kier molecular flexibility index (Phi) is 6.07. The molecule has 0 aliphatic carbocycles. The zero-order chi connectivity index (χ0) is 18.5. The summed E-state index contributed by atoms with van der Waals surface area (Å²) in [6.07, 6.45) is 0. The molecule has 1 fully saturated rings. The van der Waals surface area contributed by atoms with Crippen LogP contribution in [-0.4, -0.2) is 48.4 Å². The lowest BCUT2D eigenvalue weighted by molar-refractivity contribution is 0.102. The molecule has 0 aromatic heterocycles. The second-order valence-corrected chi connectivity index (χ2v) is 7.18. The zero-order valence-corrected chi connectivity index (χ0v) is 16.1. The highest BCUT2D eigenvalue weighted by Crippen LogP contribution is 2.16. The highest BCUT2D eigenvalue weighted by molar-refractivity contribution is 6.05. The fourth-order valence-electron chi connectivity index (χ4n) is 3.48. The van der Waals surface area contributed by atoms with E-state index in [4.69, 9.17) is 0 Å². The van der Waals surface area contributed by atoms with Gasteiger partial charge in [0.05, 0.1) is 0 Å². The van der Waals surface area contributed by atoms with Gasteiger partial charge in [0.15, 0.2) is 0 Å². The maximum absolute atomic E-state index is 12.5. The van der Waals surface area contributed by atoms with Crippen molar-refractivity contribution >= 4 is 11.6 Å². The number of nitrogens with zero attached hydrogens (tertiary/aromatic N) is 2. The fourth-order valence-corrected chi connectivity index (χ4v) is 3.48. The van der Waals surface area contributed by atoms with Crippen molar-refractivity contribution in [2.45, 2.75) is 27.3 Å². The van der Waals surface area contributed by atoms with Crippen LogP contribution >= 0.6 is 0 Å². The number of aryl methyl sites for hydroxylation is 2. The molecule has 1 heterocycles. The molecule has 0 atom stereocenters. The molecule has 0 bridgehead atoms. The molecule has 1 aliphatic rings. The van der Waals surface area contributed by atoms with Crippen LogP contribution < -0.4 is 5.32 Å². The van der Waals surface area contributed by atoms with Gasteiger partial charge in [0.1, 0.15) is 0 Å². The quantitative estimate of drug-likeness (QED) is 0.892. The Balaban J connectivity index is 1.57. The highest BCUT2D eigenvalue weighted by atomic mass is 16.1. The number of rotatable bonds is 5. The van der Waals surface area contributed by atoms with Gasteiger partial charge in [-0.25, -0.2) is 0 Å². The summed E-state index contributed by atoms with van der Waals surface area (Å²) in [5, 5.41) is 3.00. The van der Waals surface area contributed by atoms with E-state index >= 15 is 0 Å². The minimum atomic E-state index is -0.0501. The minimum Gasteiger partial charge on any atom is -0.322 e. The SMILES string of the molecule is CCN1CCN(Cc2ccc(NC(=O)c3ccc(C)cc3C)cc2)CC1. The van der Waals surface area contributed by atoms with Crippen LogP contribution in [-0.2, 0) is 6.54 Å². The molecular formula is C22H29N3O. The van der Waals surface area contributed by atoms with Gasteiger partial charge in [-0.3, -0.25) is 9.69 Å². The van der Waals surface area contributed by atoms with Crippen molar-refractivity contribution in [2.75, 3.05) is 38.0 Å². The fraction of sp³-hybridized carbons (Fsp3) is 0.409. The normalized spacial score (nSPS) is 15.8. The van der Waals surface area contributed by atoms with E-state index in [-0.39, 0.29) is 5.91 Å². The summed E-state index contributed by atoms with van der Waals surface area (Å²) < 4.78 is 0. The van der Waals surface area contributed by atoms with Gasteiger partial charge < -0.3 is 10.2 Å². The number of hydrogen-bond acceptors (Lipinski definition) is 3.